The van der Waals surface area contributed by atoms with Crippen molar-refractivity contribution < 1.29 is 62.1 Å². The van der Waals surface area contributed by atoms with Crippen molar-refractivity contribution in [2.24, 2.45) is 15.4 Å². The maximum Gasteiger partial charge on any atom is 0.329 e. The van der Waals surface area contributed by atoms with Crippen LogP contribution in [0.4, 0.5) is 0 Å². The van der Waals surface area contributed by atoms with Crippen molar-refractivity contribution in [2.45, 2.75) is 73.4 Å². The number of aromatic nitrogens is 6. The molecule has 0 unspecified atom stereocenters. The summed E-state index contributed by atoms with van der Waals surface area (Å²) >= 11 is 15.8. The van der Waals surface area contributed by atoms with E-state index in [1.807, 2.05) is 78.4 Å². The number of aryl methyl sites for hydroxylation is 4. The molecule has 0 spiro atoms. The average Bonchev–Trinajstić information content (AvgIpc) is 1.99. The summed E-state index contributed by atoms with van der Waals surface area (Å²) in [6, 6.07) is 14.0. The van der Waals surface area contributed by atoms with E-state index in [1.165, 1.54) is 9.75 Å². The van der Waals surface area contributed by atoms with Crippen LogP contribution in [0.15, 0.2) is 58.5 Å². The Kier molecular flexibility index (Phi) is 26.1. The number of aliphatic imine (C=N–C) groups is 2. The van der Waals surface area contributed by atoms with Gasteiger partial charge in [0.05, 0.1) is 137 Å². The molecule has 6 aromatic rings. The highest BCUT2D eigenvalue weighted by Crippen LogP contribution is 2.41. The molecule has 6 heterocycles. The molecule has 88 heavy (non-hydrogen) atoms. The van der Waals surface area contributed by atoms with Crippen molar-refractivity contribution in [1.82, 2.24) is 40.2 Å². The smallest absolute Gasteiger partial charge is 0.329 e. The van der Waals surface area contributed by atoms with Gasteiger partial charge in [0, 0.05) is 60.6 Å². The lowest BCUT2D eigenvalue weighted by atomic mass is 9.94. The minimum absolute atomic E-state index is 0.0774. The van der Waals surface area contributed by atoms with Crippen molar-refractivity contribution in [3.8, 4) is 10.0 Å². The fourth-order valence-electron chi connectivity index (χ4n) is 9.75. The topological polar surface area (TPSA) is 265 Å². The number of hydrogen-bond acceptors (Lipinski definition) is 20. The summed E-state index contributed by atoms with van der Waals surface area (Å²) in [5.41, 5.74) is 6.99. The minimum Gasteiger partial charge on any atom is -0.480 e. The van der Waals surface area contributed by atoms with E-state index < -0.39 is 30.1 Å². The zero-order chi connectivity index (χ0) is 62.6. The molecule has 0 saturated heterocycles. The van der Waals surface area contributed by atoms with Gasteiger partial charge in [-0.25, -0.2) is 4.79 Å². The van der Waals surface area contributed by atoms with E-state index in [-0.39, 0.29) is 44.5 Å². The number of rotatable bonds is 38. The number of carboxylic acid groups (broad SMARTS) is 1. The van der Waals surface area contributed by atoms with Gasteiger partial charge in [0.15, 0.2) is 11.6 Å². The number of carbonyl (C=O) groups is 3. The second-order valence-electron chi connectivity index (χ2n) is 21.4. The summed E-state index contributed by atoms with van der Waals surface area (Å²) in [5.74, 6) is 1.24. The molecule has 4 aromatic heterocycles. The third-order valence-corrected chi connectivity index (χ3v) is 17.3. The lowest BCUT2D eigenvalue weighted by molar-refractivity contribution is -0.145. The predicted octanol–water partition coefficient (Wildman–Crippen LogP) is 7.87. The summed E-state index contributed by atoms with van der Waals surface area (Å²) in [6.45, 7) is 19.5. The van der Waals surface area contributed by atoms with Gasteiger partial charge in [-0.1, -0.05) is 54.4 Å². The lowest BCUT2D eigenvalue weighted by Crippen LogP contribution is -2.36. The van der Waals surface area contributed by atoms with Crippen molar-refractivity contribution in [2.75, 3.05) is 132 Å². The van der Waals surface area contributed by atoms with Crippen molar-refractivity contribution in [3.05, 3.63) is 125 Å². The molecule has 2 amide bonds. The number of carbonyl (C=O) groups excluding carboxylic acids is 2. The molecule has 0 saturated carbocycles. The number of hydrogen-bond donors (Lipinski definition) is 3. The van der Waals surface area contributed by atoms with Gasteiger partial charge < -0.3 is 58.4 Å². The highest BCUT2D eigenvalue weighted by molar-refractivity contribution is 7.15. The molecule has 0 aliphatic carbocycles. The van der Waals surface area contributed by atoms with Crippen LogP contribution in [-0.2, 0) is 57.0 Å². The number of fused-ring (bicyclic) bond motifs is 6. The first-order valence-corrected chi connectivity index (χ1v) is 31.6. The molecule has 2 atom stereocenters. The fraction of sp³-hybridized carbons (Fsp3) is 0.525. The Labute approximate surface area is 530 Å². The molecule has 23 nitrogen and oxygen atoms in total. The zero-order valence-electron chi connectivity index (χ0n) is 50.8. The Morgan fingerprint density at radius 3 is 1.22 bits per heavy atom. The van der Waals surface area contributed by atoms with Crippen LogP contribution in [0.3, 0.4) is 0 Å². The SMILES string of the molecule is Cc1sc2c(c1C)C(c1ccc(Cl)cc1)=N[C@@H](CC(=O)NCCOCCOCCOCCOCC(C)(COCCOCCOCCOCCNC(=O)C[C@@H]1N=C(c3ccc(Cl)cc3)c3c(sc(C)c3C)-n3c(C)nnc31)COCC(=O)O)c1nnc(C)n1-2. The molecule has 2 aliphatic heterocycles. The van der Waals surface area contributed by atoms with Crippen LogP contribution >= 0.6 is 45.9 Å². The summed E-state index contributed by atoms with van der Waals surface area (Å²) in [7, 11) is 0. The van der Waals surface area contributed by atoms with Crippen LogP contribution in [0.1, 0.15) is 98.3 Å². The minimum atomic E-state index is -1.07. The Morgan fingerprint density at radius 1 is 0.511 bits per heavy atom. The van der Waals surface area contributed by atoms with Gasteiger partial charge in [-0.05, 0) is 76.9 Å². The number of aliphatic carboxylic acids is 1. The molecule has 2 aromatic carbocycles. The predicted molar refractivity (Wildman–Crippen MR) is 335 cm³/mol. The van der Waals surface area contributed by atoms with E-state index in [9.17, 15) is 14.4 Å². The van der Waals surface area contributed by atoms with Gasteiger partial charge in [-0.3, -0.25) is 28.7 Å². The van der Waals surface area contributed by atoms with Gasteiger partial charge in [-0.2, -0.15) is 0 Å². The van der Waals surface area contributed by atoms with Crippen LogP contribution < -0.4 is 10.6 Å². The van der Waals surface area contributed by atoms with Gasteiger partial charge >= 0.3 is 5.97 Å². The van der Waals surface area contributed by atoms with E-state index in [2.05, 4.69) is 58.7 Å². The quantitative estimate of drug-likeness (QED) is 0.0311. The van der Waals surface area contributed by atoms with Crippen LogP contribution in [0, 0.1) is 47.0 Å². The van der Waals surface area contributed by atoms with Gasteiger partial charge in [0.1, 0.15) is 40.3 Å². The second kappa shape index (κ2) is 33.8. The van der Waals surface area contributed by atoms with Crippen molar-refractivity contribution in [1.29, 1.82) is 0 Å². The van der Waals surface area contributed by atoms with E-state index in [0.717, 1.165) is 66.5 Å². The average molecular weight is 1290 g/mol. The molecule has 2 aliphatic rings. The van der Waals surface area contributed by atoms with Crippen LogP contribution in [0.2, 0.25) is 10.0 Å². The Balaban J connectivity index is 0.626. The molecule has 8 rings (SSSR count). The Hall–Kier alpha value is -5.91. The molecule has 3 N–H and O–H groups in total. The van der Waals surface area contributed by atoms with Crippen LogP contribution in [-0.4, -0.2) is 196 Å². The molecule has 27 heteroatoms. The number of carboxylic acids is 1. The molecular formula is C61H78Cl2N10O13S2. The first-order valence-electron chi connectivity index (χ1n) is 29.2. The molecule has 476 valence electrons. The standard InChI is InChI=1S/C61H78Cl2N10O13S2/c1-38-40(3)87-59-53(38)55(44-8-12-46(62)13-9-44)66-48(57-70-68-42(5)72(57)59)32-50(74)64-16-18-78-20-22-80-24-26-82-28-30-84-35-61(7,37-86-34-52(76)77)36-85-31-29-83-27-25-81-23-21-79-19-17-65-51(75)33-49-58-71-69-43(6)73(58)60-54(39(2)41(4)88-60)56(67-49)45-10-14-47(63)15-11-45/h8-15,48-49H,16-37H2,1-7H3,(H,64,74)(H,65,75)(H,76,77)/t48-,49-/m0/s1. The number of halogens is 2. The largest absolute Gasteiger partial charge is 0.480 e. The normalized spacial score (nSPS) is 14.6. The maximum atomic E-state index is 13.3. The molecule has 0 radical (unpaired) electrons. The third kappa shape index (κ3) is 18.8. The fourth-order valence-corrected chi connectivity index (χ4v) is 12.4. The van der Waals surface area contributed by atoms with Gasteiger partial charge in [0.2, 0.25) is 11.8 Å². The van der Waals surface area contributed by atoms with Crippen LogP contribution in [0.25, 0.3) is 10.0 Å². The monoisotopic (exact) mass is 1290 g/mol. The number of ether oxygens (including phenoxy) is 9. The maximum absolute atomic E-state index is 13.3. The summed E-state index contributed by atoms with van der Waals surface area (Å²) < 4.78 is 55.3. The Bertz CT molecular complexity index is 3130. The second-order valence-corrected chi connectivity index (χ2v) is 24.7. The number of nitrogens with zero attached hydrogens (tertiary/aromatic N) is 8. The first kappa shape index (κ1) is 68.0. The summed E-state index contributed by atoms with van der Waals surface area (Å²) in [5, 5.41) is 36.0. The number of nitrogens with one attached hydrogen (secondary N) is 2. The van der Waals surface area contributed by atoms with Crippen LogP contribution in [0.5, 0.6) is 0 Å². The molecular weight excluding hydrogens is 1220 g/mol. The summed E-state index contributed by atoms with van der Waals surface area (Å²) in [4.78, 5) is 50.4. The van der Waals surface area contributed by atoms with Crippen molar-refractivity contribution in [3.63, 3.8) is 0 Å². The number of benzene rings is 2. The lowest BCUT2D eigenvalue weighted by Gasteiger charge is -2.28. The van der Waals surface area contributed by atoms with Gasteiger partial charge in [-0.15, -0.1) is 43.1 Å². The van der Waals surface area contributed by atoms with E-state index in [1.54, 1.807) is 22.7 Å². The third-order valence-electron chi connectivity index (χ3n) is 14.4. The van der Waals surface area contributed by atoms with E-state index >= 15 is 0 Å². The highest BCUT2D eigenvalue weighted by Gasteiger charge is 2.35. The zero-order valence-corrected chi connectivity index (χ0v) is 54.0. The van der Waals surface area contributed by atoms with Gasteiger partial charge in [0.25, 0.3) is 0 Å². The molecule has 0 fully saturated rings. The first-order chi connectivity index (χ1) is 42.5. The van der Waals surface area contributed by atoms with E-state index in [4.69, 9.17) is 80.9 Å². The number of amides is 2. The summed E-state index contributed by atoms with van der Waals surface area (Å²) in [6.07, 6.45) is 0.155. The van der Waals surface area contributed by atoms with Crippen molar-refractivity contribution >= 4 is 75.1 Å². The molecule has 0 bridgehead atoms. The highest BCUT2D eigenvalue weighted by atomic mass is 35.5. The Morgan fingerprint density at radius 2 is 0.852 bits per heavy atom. The van der Waals surface area contributed by atoms with E-state index in [0.29, 0.717) is 127 Å². The number of thiophene rings is 2.